The molecule has 0 saturated carbocycles. The van der Waals surface area contributed by atoms with Crippen LogP contribution in [-0.2, 0) is 22.7 Å². The van der Waals surface area contributed by atoms with Gasteiger partial charge in [-0.25, -0.2) is 0 Å². The van der Waals surface area contributed by atoms with Crippen LogP contribution in [0.2, 0.25) is 0 Å². The Balaban J connectivity index is 1.76. The Morgan fingerprint density at radius 3 is 2.87 bits per heavy atom. The third-order valence-corrected chi connectivity index (χ3v) is 2.42. The number of hydrogen-bond acceptors (Lipinski definition) is 4. The molecule has 1 N–H and O–H groups in total. The summed E-state index contributed by atoms with van der Waals surface area (Å²) in [7, 11) is 0. The summed E-state index contributed by atoms with van der Waals surface area (Å²) in [5.74, 6) is 1.30. The van der Waals surface area contributed by atoms with Crippen molar-refractivity contribution in [2.45, 2.75) is 38.8 Å². The molecule has 0 spiro atoms. The monoisotopic (exact) mass is 212 g/mol. The van der Waals surface area contributed by atoms with Gasteiger partial charge in [-0.2, -0.15) is 0 Å². The molecule has 1 saturated heterocycles. The second-order valence-electron chi connectivity index (χ2n) is 3.63. The number of furan rings is 1. The smallest absolute Gasteiger partial charge is 0.158 e. The van der Waals surface area contributed by atoms with Gasteiger partial charge >= 0.3 is 0 Å². The van der Waals surface area contributed by atoms with Crippen molar-refractivity contribution in [1.82, 2.24) is 0 Å². The van der Waals surface area contributed by atoms with E-state index in [0.717, 1.165) is 31.6 Å². The quantitative estimate of drug-likeness (QED) is 0.827. The maximum atomic E-state index is 8.81. The topological polar surface area (TPSA) is 51.8 Å². The molecule has 0 amide bonds. The fourth-order valence-corrected chi connectivity index (χ4v) is 1.60. The highest BCUT2D eigenvalue weighted by Gasteiger charge is 2.14. The van der Waals surface area contributed by atoms with Crippen molar-refractivity contribution in [3.05, 3.63) is 23.7 Å². The number of aliphatic hydroxyl groups is 1. The maximum Gasteiger partial charge on any atom is 0.158 e. The van der Waals surface area contributed by atoms with Gasteiger partial charge in [0.1, 0.15) is 24.7 Å². The van der Waals surface area contributed by atoms with E-state index in [2.05, 4.69) is 0 Å². The molecule has 0 aromatic carbocycles. The standard InChI is InChI=1S/C11H16O4/c12-7-9-4-5-10(15-9)8-14-11-3-1-2-6-13-11/h4-5,11-12H,1-3,6-8H2. The molecule has 0 aliphatic carbocycles. The molecule has 0 bridgehead atoms. The second-order valence-corrected chi connectivity index (χ2v) is 3.63. The highest BCUT2D eigenvalue weighted by atomic mass is 16.7. The molecule has 2 heterocycles. The first-order valence-corrected chi connectivity index (χ1v) is 5.30. The third-order valence-electron chi connectivity index (χ3n) is 2.42. The Bertz CT molecular complexity index is 289. The molecule has 1 aliphatic heterocycles. The van der Waals surface area contributed by atoms with E-state index < -0.39 is 0 Å². The molecule has 4 nitrogen and oxygen atoms in total. The lowest BCUT2D eigenvalue weighted by atomic mass is 10.2. The molecule has 84 valence electrons. The number of rotatable bonds is 4. The molecule has 1 aromatic rings. The van der Waals surface area contributed by atoms with Gasteiger partial charge < -0.3 is 19.0 Å². The van der Waals surface area contributed by atoms with E-state index in [1.807, 2.05) is 6.07 Å². The van der Waals surface area contributed by atoms with Crippen LogP contribution in [0, 0.1) is 0 Å². The maximum absolute atomic E-state index is 8.81. The van der Waals surface area contributed by atoms with E-state index in [-0.39, 0.29) is 12.9 Å². The van der Waals surface area contributed by atoms with Crippen molar-refractivity contribution in [3.63, 3.8) is 0 Å². The largest absolute Gasteiger partial charge is 0.461 e. The molecule has 15 heavy (non-hydrogen) atoms. The Hall–Kier alpha value is -0.840. The SMILES string of the molecule is OCc1ccc(COC2CCCCO2)o1. The van der Waals surface area contributed by atoms with Crippen LogP contribution in [0.5, 0.6) is 0 Å². The van der Waals surface area contributed by atoms with E-state index in [9.17, 15) is 0 Å². The van der Waals surface area contributed by atoms with Crippen molar-refractivity contribution in [2.75, 3.05) is 6.61 Å². The van der Waals surface area contributed by atoms with Gasteiger partial charge in [-0.05, 0) is 31.4 Å². The Morgan fingerprint density at radius 2 is 2.20 bits per heavy atom. The molecule has 2 rings (SSSR count). The van der Waals surface area contributed by atoms with Gasteiger partial charge in [-0.1, -0.05) is 0 Å². The molecule has 1 aliphatic rings. The minimum absolute atomic E-state index is 0.0695. The van der Waals surface area contributed by atoms with Gasteiger partial charge in [0.25, 0.3) is 0 Å². The van der Waals surface area contributed by atoms with Crippen molar-refractivity contribution >= 4 is 0 Å². The Labute approximate surface area is 88.8 Å². The first-order chi connectivity index (χ1) is 7.38. The van der Waals surface area contributed by atoms with Gasteiger partial charge in [0.15, 0.2) is 6.29 Å². The van der Waals surface area contributed by atoms with E-state index >= 15 is 0 Å². The zero-order chi connectivity index (χ0) is 10.5. The molecule has 1 atom stereocenters. The Morgan fingerprint density at radius 1 is 1.33 bits per heavy atom. The van der Waals surface area contributed by atoms with Gasteiger partial charge in [0, 0.05) is 6.61 Å². The van der Waals surface area contributed by atoms with E-state index in [1.54, 1.807) is 6.07 Å². The lowest BCUT2D eigenvalue weighted by Crippen LogP contribution is -2.21. The zero-order valence-electron chi connectivity index (χ0n) is 8.65. The predicted molar refractivity (Wildman–Crippen MR) is 53.0 cm³/mol. The van der Waals surface area contributed by atoms with E-state index in [0.29, 0.717) is 12.4 Å². The molecule has 1 aromatic heterocycles. The van der Waals surface area contributed by atoms with Crippen LogP contribution in [-0.4, -0.2) is 18.0 Å². The molecular formula is C11H16O4. The summed E-state index contributed by atoms with van der Waals surface area (Å²) in [5.41, 5.74) is 0. The van der Waals surface area contributed by atoms with Crippen LogP contribution < -0.4 is 0 Å². The van der Waals surface area contributed by atoms with Gasteiger partial charge in [0.05, 0.1) is 0 Å². The fourth-order valence-electron chi connectivity index (χ4n) is 1.60. The number of aliphatic hydroxyl groups excluding tert-OH is 1. The predicted octanol–water partition coefficient (Wildman–Crippen LogP) is 1.82. The molecule has 0 radical (unpaired) electrons. The lowest BCUT2D eigenvalue weighted by Gasteiger charge is -2.22. The molecule has 4 heteroatoms. The van der Waals surface area contributed by atoms with Crippen molar-refractivity contribution in [3.8, 4) is 0 Å². The average Bonchev–Trinajstić information content (AvgIpc) is 2.76. The van der Waals surface area contributed by atoms with Crippen LogP contribution in [0.4, 0.5) is 0 Å². The minimum atomic E-state index is -0.0959. The molecule has 1 fully saturated rings. The van der Waals surface area contributed by atoms with Crippen LogP contribution in [0.3, 0.4) is 0 Å². The minimum Gasteiger partial charge on any atom is -0.461 e. The van der Waals surface area contributed by atoms with Crippen LogP contribution in [0.15, 0.2) is 16.5 Å². The third kappa shape index (κ3) is 3.06. The number of ether oxygens (including phenoxy) is 2. The molecular weight excluding hydrogens is 196 g/mol. The normalized spacial score (nSPS) is 21.8. The van der Waals surface area contributed by atoms with Crippen molar-refractivity contribution < 1.29 is 19.0 Å². The average molecular weight is 212 g/mol. The van der Waals surface area contributed by atoms with Crippen LogP contribution >= 0.6 is 0 Å². The van der Waals surface area contributed by atoms with Crippen LogP contribution in [0.25, 0.3) is 0 Å². The zero-order valence-corrected chi connectivity index (χ0v) is 8.65. The second kappa shape index (κ2) is 5.30. The Kier molecular flexibility index (Phi) is 3.77. The summed E-state index contributed by atoms with van der Waals surface area (Å²) in [6.45, 7) is 1.12. The number of hydrogen-bond donors (Lipinski definition) is 1. The van der Waals surface area contributed by atoms with Gasteiger partial charge in [0.2, 0.25) is 0 Å². The van der Waals surface area contributed by atoms with Crippen molar-refractivity contribution in [2.24, 2.45) is 0 Å². The summed E-state index contributed by atoms with van der Waals surface area (Å²) >= 11 is 0. The summed E-state index contributed by atoms with van der Waals surface area (Å²) in [4.78, 5) is 0. The summed E-state index contributed by atoms with van der Waals surface area (Å²) in [5, 5.41) is 8.81. The van der Waals surface area contributed by atoms with Gasteiger partial charge in [-0.3, -0.25) is 0 Å². The first kappa shape index (κ1) is 10.7. The van der Waals surface area contributed by atoms with Gasteiger partial charge in [-0.15, -0.1) is 0 Å². The lowest BCUT2D eigenvalue weighted by molar-refractivity contribution is -0.171. The summed E-state index contributed by atoms with van der Waals surface area (Å²) in [6.07, 6.45) is 3.13. The molecule has 1 unspecified atom stereocenters. The highest BCUT2D eigenvalue weighted by molar-refractivity contribution is 5.05. The van der Waals surface area contributed by atoms with E-state index in [4.69, 9.17) is 19.0 Å². The van der Waals surface area contributed by atoms with Crippen molar-refractivity contribution in [1.29, 1.82) is 0 Å². The highest BCUT2D eigenvalue weighted by Crippen LogP contribution is 2.16. The summed E-state index contributed by atoms with van der Waals surface area (Å²) < 4.78 is 16.2. The first-order valence-electron chi connectivity index (χ1n) is 5.30. The van der Waals surface area contributed by atoms with Crippen LogP contribution in [0.1, 0.15) is 30.8 Å². The summed E-state index contributed by atoms with van der Waals surface area (Å²) in [6, 6.07) is 3.56. The van der Waals surface area contributed by atoms with E-state index in [1.165, 1.54) is 0 Å². The fraction of sp³-hybridized carbons (Fsp3) is 0.636.